The van der Waals surface area contributed by atoms with Gasteiger partial charge in [0.1, 0.15) is 5.82 Å². The van der Waals surface area contributed by atoms with Gasteiger partial charge in [0, 0.05) is 6.54 Å². The summed E-state index contributed by atoms with van der Waals surface area (Å²) in [5.41, 5.74) is 2.43. The molecule has 0 aliphatic heterocycles. The van der Waals surface area contributed by atoms with Gasteiger partial charge in [0.15, 0.2) is 5.76 Å². The molecule has 1 unspecified atom stereocenters. The van der Waals surface area contributed by atoms with Gasteiger partial charge in [0.25, 0.3) is 11.5 Å². The Morgan fingerprint density at radius 3 is 2.44 bits per heavy atom. The highest BCUT2D eigenvalue weighted by Gasteiger charge is 2.30. The topological polar surface area (TPSA) is 68.3 Å². The first kappa shape index (κ1) is 23.5. The Hall–Kier alpha value is -3.67. The largest absolute Gasteiger partial charge is 0.459 e. The number of carbonyl (C=O) groups excluding carboxylic acids is 1. The van der Waals surface area contributed by atoms with Crippen LogP contribution in [0.3, 0.4) is 0 Å². The zero-order chi connectivity index (χ0) is 24.1. The summed E-state index contributed by atoms with van der Waals surface area (Å²) in [6, 6.07) is 18.3. The van der Waals surface area contributed by atoms with Crippen LogP contribution in [0.2, 0.25) is 0 Å². The quantitative estimate of drug-likeness (QED) is 0.312. The van der Waals surface area contributed by atoms with E-state index in [0.717, 1.165) is 24.9 Å². The number of rotatable bonds is 9. The number of aromatic nitrogens is 2. The van der Waals surface area contributed by atoms with Crippen LogP contribution >= 0.6 is 0 Å². The summed E-state index contributed by atoms with van der Waals surface area (Å²) in [7, 11) is 0. The van der Waals surface area contributed by atoms with Crippen LogP contribution in [-0.2, 0) is 6.42 Å². The van der Waals surface area contributed by atoms with E-state index in [1.54, 1.807) is 27.7 Å². The Bertz CT molecular complexity index is 1310. The molecular formula is C28H31N3O3. The number of para-hydroxylation sites is 1. The fraction of sp³-hybridized carbons (Fsp3) is 0.321. The van der Waals surface area contributed by atoms with E-state index < -0.39 is 6.04 Å². The van der Waals surface area contributed by atoms with E-state index in [2.05, 4.69) is 13.8 Å². The summed E-state index contributed by atoms with van der Waals surface area (Å²) in [6.45, 7) is 6.76. The molecule has 0 N–H and O–H groups in total. The monoisotopic (exact) mass is 457 g/mol. The number of hydrogen-bond donors (Lipinski definition) is 0. The Kier molecular flexibility index (Phi) is 7.26. The SMILES string of the molecule is CCCCN(C(=O)c1ccco1)C(CC)c1nc2ccccc2c(=O)n1-c1ccc(CC)cc1. The van der Waals surface area contributed by atoms with Crippen molar-refractivity contribution in [2.45, 2.75) is 52.5 Å². The third-order valence-corrected chi connectivity index (χ3v) is 6.21. The first-order valence-electron chi connectivity index (χ1n) is 12.0. The van der Waals surface area contributed by atoms with E-state index in [0.29, 0.717) is 29.7 Å². The predicted molar refractivity (Wildman–Crippen MR) is 134 cm³/mol. The normalized spacial score (nSPS) is 12.1. The number of unbranched alkanes of at least 4 members (excludes halogenated alkanes) is 1. The van der Waals surface area contributed by atoms with Crippen LogP contribution in [0.5, 0.6) is 0 Å². The van der Waals surface area contributed by atoms with E-state index in [4.69, 9.17) is 9.40 Å². The van der Waals surface area contributed by atoms with Crippen LogP contribution < -0.4 is 5.56 Å². The van der Waals surface area contributed by atoms with Gasteiger partial charge in [-0.05, 0) is 61.2 Å². The third kappa shape index (κ3) is 4.53. The second-order valence-corrected chi connectivity index (χ2v) is 8.40. The van der Waals surface area contributed by atoms with Gasteiger partial charge in [-0.15, -0.1) is 0 Å². The minimum atomic E-state index is -0.396. The van der Waals surface area contributed by atoms with Crippen LogP contribution in [0.15, 0.2) is 76.1 Å². The molecule has 1 atom stereocenters. The van der Waals surface area contributed by atoms with E-state index in [9.17, 15) is 9.59 Å². The molecular weight excluding hydrogens is 426 g/mol. The van der Waals surface area contributed by atoms with Gasteiger partial charge in [-0.1, -0.05) is 51.5 Å². The molecule has 1 amide bonds. The maximum Gasteiger partial charge on any atom is 0.290 e. The summed E-state index contributed by atoms with van der Waals surface area (Å²) in [6.07, 6.45) is 4.80. The van der Waals surface area contributed by atoms with Crippen molar-refractivity contribution in [2.75, 3.05) is 6.54 Å². The van der Waals surface area contributed by atoms with E-state index in [1.165, 1.54) is 11.8 Å². The molecule has 6 nitrogen and oxygen atoms in total. The van der Waals surface area contributed by atoms with Crippen LogP contribution in [0.4, 0.5) is 0 Å². The van der Waals surface area contributed by atoms with Crippen molar-refractivity contribution in [3.05, 3.63) is 94.4 Å². The van der Waals surface area contributed by atoms with E-state index in [-0.39, 0.29) is 17.2 Å². The smallest absolute Gasteiger partial charge is 0.290 e. The van der Waals surface area contributed by atoms with Gasteiger partial charge in [-0.3, -0.25) is 14.2 Å². The van der Waals surface area contributed by atoms with Crippen LogP contribution in [-0.4, -0.2) is 26.9 Å². The summed E-state index contributed by atoms with van der Waals surface area (Å²) >= 11 is 0. The van der Waals surface area contributed by atoms with Gasteiger partial charge < -0.3 is 9.32 Å². The number of benzene rings is 2. The highest BCUT2D eigenvalue weighted by Crippen LogP contribution is 2.28. The molecule has 0 saturated carbocycles. The highest BCUT2D eigenvalue weighted by molar-refractivity contribution is 5.91. The van der Waals surface area contributed by atoms with Crippen LogP contribution in [0, 0.1) is 0 Å². The lowest BCUT2D eigenvalue weighted by molar-refractivity contribution is 0.0623. The third-order valence-electron chi connectivity index (χ3n) is 6.21. The van der Waals surface area contributed by atoms with E-state index >= 15 is 0 Å². The summed E-state index contributed by atoms with van der Waals surface area (Å²) in [5, 5.41) is 0.554. The number of furan rings is 1. The first-order valence-corrected chi connectivity index (χ1v) is 12.0. The minimum absolute atomic E-state index is 0.135. The molecule has 0 radical (unpaired) electrons. The lowest BCUT2D eigenvalue weighted by Crippen LogP contribution is -2.39. The lowest BCUT2D eigenvalue weighted by atomic mass is 10.1. The summed E-state index contributed by atoms with van der Waals surface area (Å²) in [5.74, 6) is 0.656. The van der Waals surface area contributed by atoms with Crippen LogP contribution in [0.1, 0.15) is 68.0 Å². The van der Waals surface area contributed by atoms with Crippen molar-refractivity contribution in [2.24, 2.45) is 0 Å². The van der Waals surface area contributed by atoms with Crippen molar-refractivity contribution in [1.82, 2.24) is 14.5 Å². The van der Waals surface area contributed by atoms with E-state index in [1.807, 2.05) is 49.4 Å². The molecule has 34 heavy (non-hydrogen) atoms. The maximum absolute atomic E-state index is 13.8. The fourth-order valence-electron chi connectivity index (χ4n) is 4.32. The molecule has 2 heterocycles. The van der Waals surface area contributed by atoms with Crippen molar-refractivity contribution in [3.8, 4) is 5.69 Å². The zero-order valence-electron chi connectivity index (χ0n) is 20.0. The van der Waals surface area contributed by atoms with Crippen molar-refractivity contribution >= 4 is 16.8 Å². The molecule has 0 bridgehead atoms. The predicted octanol–water partition coefficient (Wildman–Crippen LogP) is 5.93. The average Bonchev–Trinajstić information content (AvgIpc) is 3.41. The number of fused-ring (bicyclic) bond motifs is 1. The first-order chi connectivity index (χ1) is 16.6. The minimum Gasteiger partial charge on any atom is -0.459 e. The molecule has 2 aromatic heterocycles. The molecule has 0 saturated heterocycles. The summed E-state index contributed by atoms with van der Waals surface area (Å²) < 4.78 is 7.11. The second-order valence-electron chi connectivity index (χ2n) is 8.40. The lowest BCUT2D eigenvalue weighted by Gasteiger charge is -2.32. The van der Waals surface area contributed by atoms with Gasteiger partial charge in [0.05, 0.1) is 28.9 Å². The fourth-order valence-corrected chi connectivity index (χ4v) is 4.32. The van der Waals surface area contributed by atoms with Crippen molar-refractivity contribution in [1.29, 1.82) is 0 Å². The Morgan fingerprint density at radius 1 is 1.03 bits per heavy atom. The van der Waals surface area contributed by atoms with Crippen molar-refractivity contribution < 1.29 is 9.21 Å². The van der Waals surface area contributed by atoms with Gasteiger partial charge in [0.2, 0.25) is 0 Å². The van der Waals surface area contributed by atoms with Gasteiger partial charge in [-0.2, -0.15) is 0 Å². The Morgan fingerprint density at radius 2 is 1.79 bits per heavy atom. The zero-order valence-corrected chi connectivity index (χ0v) is 20.0. The molecule has 0 spiro atoms. The van der Waals surface area contributed by atoms with Crippen LogP contribution in [0.25, 0.3) is 16.6 Å². The molecule has 176 valence electrons. The number of carbonyl (C=O) groups is 1. The molecule has 0 aliphatic rings. The van der Waals surface area contributed by atoms with Crippen molar-refractivity contribution in [3.63, 3.8) is 0 Å². The molecule has 4 aromatic rings. The average molecular weight is 458 g/mol. The molecule has 4 rings (SSSR count). The number of hydrogen-bond acceptors (Lipinski definition) is 4. The highest BCUT2D eigenvalue weighted by atomic mass is 16.3. The molecule has 2 aromatic carbocycles. The molecule has 6 heteroatoms. The number of aryl methyl sites for hydroxylation is 1. The Balaban J connectivity index is 1.93. The van der Waals surface area contributed by atoms with Gasteiger partial charge in [-0.25, -0.2) is 4.98 Å². The standard InChI is InChI=1S/C28H31N3O3/c1-4-7-18-30(28(33)25-13-10-19-34-25)24(6-3)26-29-23-12-9-8-11-22(23)27(32)31(26)21-16-14-20(5-2)15-17-21/h8-17,19,24H,4-7,18H2,1-3H3. The van der Waals surface area contributed by atoms with Gasteiger partial charge >= 0.3 is 0 Å². The number of nitrogens with zero attached hydrogens (tertiary/aromatic N) is 3. The molecule has 0 fully saturated rings. The number of amides is 1. The summed E-state index contributed by atoms with van der Waals surface area (Å²) in [4.78, 5) is 34.0. The second kappa shape index (κ2) is 10.5. The molecule has 0 aliphatic carbocycles. The maximum atomic E-state index is 13.8. The Labute approximate surface area is 199 Å².